The highest BCUT2D eigenvalue weighted by Crippen LogP contribution is 2.60. The van der Waals surface area contributed by atoms with Gasteiger partial charge < -0.3 is 4.74 Å². The van der Waals surface area contributed by atoms with E-state index in [0.717, 1.165) is 5.01 Å². The molecule has 0 saturated carbocycles. The van der Waals surface area contributed by atoms with Crippen LogP contribution in [0.25, 0.3) is 0 Å². The van der Waals surface area contributed by atoms with Crippen LogP contribution in [0.2, 0.25) is 0 Å². The Morgan fingerprint density at radius 2 is 1.95 bits per heavy atom. The molecule has 2 amide bonds. The fraction of sp³-hybridized carbons (Fsp3) is 0.286. The molecule has 1 aromatic rings. The zero-order chi connectivity index (χ0) is 13.9. The van der Waals surface area contributed by atoms with Crippen molar-refractivity contribution in [2.75, 3.05) is 0 Å². The van der Waals surface area contributed by atoms with Gasteiger partial charge in [-0.3, -0.25) is 9.59 Å². The van der Waals surface area contributed by atoms with Crippen molar-refractivity contribution in [1.29, 1.82) is 0 Å². The number of imide groups is 1. The maximum atomic E-state index is 12.2. The highest BCUT2D eigenvalue weighted by molar-refractivity contribution is 8.02. The lowest BCUT2D eigenvalue weighted by Crippen LogP contribution is -2.44. The summed E-state index contributed by atoms with van der Waals surface area (Å²) in [6, 6.07) is 9.32. The van der Waals surface area contributed by atoms with Gasteiger partial charge in [-0.1, -0.05) is 24.3 Å². The highest BCUT2D eigenvalue weighted by Gasteiger charge is 2.68. The van der Waals surface area contributed by atoms with Gasteiger partial charge in [-0.05, 0) is 18.2 Å². The number of hydrazine groups is 1. The van der Waals surface area contributed by atoms with Crippen molar-refractivity contribution >= 4 is 23.6 Å². The molecular weight excluding hydrogens is 276 g/mol. The van der Waals surface area contributed by atoms with E-state index in [0.29, 0.717) is 5.75 Å². The summed E-state index contributed by atoms with van der Waals surface area (Å²) in [7, 11) is 0. The number of thioether (sulfide) groups is 1. The molecule has 0 aromatic heterocycles. The number of benzene rings is 1. The Hall–Kier alpha value is -1.79. The molecule has 2 saturated heterocycles. The Labute approximate surface area is 119 Å². The number of ether oxygens (including phenoxy) is 1. The fourth-order valence-electron chi connectivity index (χ4n) is 3.15. The summed E-state index contributed by atoms with van der Waals surface area (Å²) in [4.78, 5) is 23.5. The summed E-state index contributed by atoms with van der Waals surface area (Å²) in [6.07, 6.45) is 3.83. The van der Waals surface area contributed by atoms with Gasteiger partial charge in [0.2, 0.25) is 5.91 Å². The van der Waals surface area contributed by atoms with Crippen molar-refractivity contribution in [1.82, 2.24) is 5.01 Å². The van der Waals surface area contributed by atoms with Crippen LogP contribution in [0.3, 0.4) is 0 Å². The molecule has 0 spiro atoms. The monoisotopic (exact) mass is 288 g/mol. The summed E-state index contributed by atoms with van der Waals surface area (Å²) >= 11 is 1.52. The minimum atomic E-state index is -0.808. The Morgan fingerprint density at radius 3 is 2.70 bits per heavy atom. The third-order valence-corrected chi connectivity index (χ3v) is 5.60. The number of para-hydroxylation sites is 1. The van der Waals surface area contributed by atoms with E-state index in [1.807, 2.05) is 42.5 Å². The van der Waals surface area contributed by atoms with Crippen molar-refractivity contribution in [3.05, 3.63) is 42.5 Å². The van der Waals surface area contributed by atoms with Gasteiger partial charge in [0.15, 0.2) is 4.93 Å². The second-order valence-electron chi connectivity index (χ2n) is 5.13. The largest absolute Gasteiger partial charge is 0.472 e. The Morgan fingerprint density at radius 1 is 1.20 bits per heavy atom. The second kappa shape index (κ2) is 3.86. The number of nitrogens with zero attached hydrogens (tertiary/aromatic N) is 1. The number of carbonyl (C=O) groups is 2. The average molecular weight is 288 g/mol. The van der Waals surface area contributed by atoms with Gasteiger partial charge in [0.25, 0.3) is 5.91 Å². The standard InChI is InChI=1S/C14H12N2O3S/c15-16-12(17)10-9-6-7-14(20-9,11(10)13(16)18)19-8-4-2-1-3-5-8/h1-7,9-11H,15H2. The molecule has 6 heteroatoms. The molecule has 0 radical (unpaired) electrons. The van der Waals surface area contributed by atoms with E-state index in [2.05, 4.69) is 0 Å². The van der Waals surface area contributed by atoms with E-state index in [9.17, 15) is 9.59 Å². The van der Waals surface area contributed by atoms with Crippen LogP contribution >= 0.6 is 11.8 Å². The molecule has 20 heavy (non-hydrogen) atoms. The smallest absolute Gasteiger partial charge is 0.252 e. The summed E-state index contributed by atoms with van der Waals surface area (Å²) in [5.74, 6) is 4.66. The number of fused-ring (bicyclic) bond motifs is 5. The van der Waals surface area contributed by atoms with Crippen LogP contribution in [-0.4, -0.2) is 27.0 Å². The van der Waals surface area contributed by atoms with E-state index in [1.54, 1.807) is 0 Å². The summed E-state index contributed by atoms with van der Waals surface area (Å²) in [5, 5.41) is 0.715. The molecule has 5 nitrogen and oxygen atoms in total. The maximum absolute atomic E-state index is 12.2. The van der Waals surface area contributed by atoms with Crippen molar-refractivity contribution < 1.29 is 14.3 Å². The van der Waals surface area contributed by atoms with Crippen molar-refractivity contribution in [3.63, 3.8) is 0 Å². The molecule has 3 aliphatic heterocycles. The van der Waals surface area contributed by atoms with E-state index in [-0.39, 0.29) is 17.1 Å². The van der Waals surface area contributed by atoms with E-state index in [4.69, 9.17) is 10.6 Å². The lowest BCUT2D eigenvalue weighted by Gasteiger charge is -2.29. The van der Waals surface area contributed by atoms with Crippen molar-refractivity contribution in [2.24, 2.45) is 17.7 Å². The minimum Gasteiger partial charge on any atom is -0.472 e. The van der Waals surface area contributed by atoms with Gasteiger partial charge in [0.05, 0.1) is 5.92 Å². The van der Waals surface area contributed by atoms with Crippen LogP contribution in [0.15, 0.2) is 42.5 Å². The van der Waals surface area contributed by atoms with Gasteiger partial charge in [-0.25, -0.2) is 10.9 Å². The van der Waals surface area contributed by atoms with Crippen LogP contribution in [0.4, 0.5) is 0 Å². The first-order valence-electron chi connectivity index (χ1n) is 6.36. The zero-order valence-electron chi connectivity index (χ0n) is 10.4. The first kappa shape index (κ1) is 12.0. The Bertz CT molecular complexity index is 633. The van der Waals surface area contributed by atoms with E-state index < -0.39 is 16.8 Å². The maximum Gasteiger partial charge on any atom is 0.252 e. The second-order valence-corrected chi connectivity index (χ2v) is 6.55. The molecular formula is C14H12N2O3S. The third kappa shape index (κ3) is 1.38. The number of hydrogen-bond acceptors (Lipinski definition) is 5. The van der Waals surface area contributed by atoms with Crippen LogP contribution in [0.1, 0.15) is 0 Å². The summed E-state index contributed by atoms with van der Waals surface area (Å²) in [5.41, 5.74) is 0. The fourth-order valence-corrected chi connectivity index (χ4v) is 4.85. The molecule has 2 bridgehead atoms. The van der Waals surface area contributed by atoms with Crippen LogP contribution in [0, 0.1) is 11.8 Å². The molecule has 4 unspecified atom stereocenters. The molecule has 0 aliphatic carbocycles. The first-order chi connectivity index (χ1) is 9.62. The SMILES string of the molecule is NN1C(=O)C2C3C=CC(Oc4ccccc4)(S3)C2C1=O. The number of hydrogen-bond donors (Lipinski definition) is 1. The third-order valence-electron chi connectivity index (χ3n) is 4.03. The lowest BCUT2D eigenvalue weighted by atomic mass is 9.83. The number of rotatable bonds is 2. The first-order valence-corrected chi connectivity index (χ1v) is 7.24. The minimum absolute atomic E-state index is 0.0336. The molecule has 3 aliphatic rings. The number of nitrogens with two attached hydrogens (primary N) is 1. The molecule has 2 fully saturated rings. The predicted octanol–water partition coefficient (Wildman–Crippen LogP) is 0.922. The van der Waals surface area contributed by atoms with Crippen LogP contribution < -0.4 is 10.6 Å². The zero-order valence-corrected chi connectivity index (χ0v) is 11.2. The molecule has 102 valence electrons. The van der Waals surface area contributed by atoms with Crippen LogP contribution in [0.5, 0.6) is 5.75 Å². The van der Waals surface area contributed by atoms with Gasteiger partial charge >= 0.3 is 0 Å². The Kier molecular flexibility index (Phi) is 2.32. The molecule has 3 heterocycles. The highest BCUT2D eigenvalue weighted by atomic mass is 32.2. The average Bonchev–Trinajstić information content (AvgIpc) is 3.07. The predicted molar refractivity (Wildman–Crippen MR) is 73.3 cm³/mol. The normalized spacial score (nSPS) is 37.6. The van der Waals surface area contributed by atoms with Crippen molar-refractivity contribution in [2.45, 2.75) is 10.2 Å². The van der Waals surface area contributed by atoms with Gasteiger partial charge in [-0.15, -0.1) is 11.8 Å². The molecule has 4 atom stereocenters. The number of amides is 2. The Balaban J connectivity index is 1.74. The lowest BCUT2D eigenvalue weighted by molar-refractivity contribution is -0.140. The molecule has 4 rings (SSSR count). The summed E-state index contributed by atoms with van der Waals surface area (Å²) < 4.78 is 6.06. The number of carbonyl (C=O) groups excluding carboxylic acids is 2. The van der Waals surface area contributed by atoms with E-state index in [1.165, 1.54) is 11.8 Å². The van der Waals surface area contributed by atoms with Gasteiger partial charge in [0, 0.05) is 5.25 Å². The van der Waals surface area contributed by atoms with Gasteiger partial charge in [-0.2, -0.15) is 0 Å². The summed E-state index contributed by atoms with van der Waals surface area (Å²) in [6.45, 7) is 0. The van der Waals surface area contributed by atoms with Crippen LogP contribution in [-0.2, 0) is 9.59 Å². The van der Waals surface area contributed by atoms with Gasteiger partial charge in [0.1, 0.15) is 11.7 Å². The molecule has 1 aromatic carbocycles. The topological polar surface area (TPSA) is 72.6 Å². The van der Waals surface area contributed by atoms with Crippen molar-refractivity contribution in [3.8, 4) is 5.75 Å². The molecule has 2 N–H and O–H groups in total. The van der Waals surface area contributed by atoms with E-state index >= 15 is 0 Å². The quantitative estimate of drug-likeness (QED) is 0.379.